The van der Waals surface area contributed by atoms with Crippen molar-refractivity contribution in [3.63, 3.8) is 0 Å². The molecular formula is C10H9BrFN3. The highest BCUT2D eigenvalue weighted by atomic mass is 79.9. The van der Waals surface area contributed by atoms with Crippen molar-refractivity contribution >= 4 is 21.6 Å². The second-order valence-corrected chi connectivity index (χ2v) is 4.15. The number of rotatable bonds is 1. The SMILES string of the molecule is Cn1ncc(N)c1-c1cc(F)cc(Br)c1. The van der Waals surface area contributed by atoms with E-state index in [0.717, 1.165) is 5.69 Å². The van der Waals surface area contributed by atoms with E-state index in [9.17, 15) is 4.39 Å². The first-order valence-electron chi connectivity index (χ1n) is 4.32. The molecule has 1 heterocycles. The van der Waals surface area contributed by atoms with Gasteiger partial charge < -0.3 is 5.73 Å². The van der Waals surface area contributed by atoms with Crippen LogP contribution in [0.15, 0.2) is 28.9 Å². The molecule has 78 valence electrons. The van der Waals surface area contributed by atoms with E-state index in [2.05, 4.69) is 21.0 Å². The molecule has 5 heteroatoms. The van der Waals surface area contributed by atoms with Crippen LogP contribution in [0.4, 0.5) is 10.1 Å². The summed E-state index contributed by atoms with van der Waals surface area (Å²) in [4.78, 5) is 0. The summed E-state index contributed by atoms with van der Waals surface area (Å²) >= 11 is 3.24. The predicted molar refractivity (Wildman–Crippen MR) is 60.7 cm³/mol. The molecule has 2 aromatic rings. The molecule has 0 spiro atoms. The number of hydrogen-bond acceptors (Lipinski definition) is 2. The first-order valence-corrected chi connectivity index (χ1v) is 5.11. The Kier molecular flexibility index (Phi) is 2.48. The smallest absolute Gasteiger partial charge is 0.125 e. The summed E-state index contributed by atoms with van der Waals surface area (Å²) in [6, 6.07) is 4.63. The number of nitrogens with zero attached hydrogens (tertiary/aromatic N) is 2. The molecule has 0 fully saturated rings. The van der Waals surface area contributed by atoms with Crippen LogP contribution in [0.3, 0.4) is 0 Å². The van der Waals surface area contributed by atoms with Gasteiger partial charge in [0.1, 0.15) is 5.82 Å². The molecule has 3 nitrogen and oxygen atoms in total. The minimum Gasteiger partial charge on any atom is -0.396 e. The third-order valence-corrected chi connectivity index (χ3v) is 2.56. The molecule has 0 aliphatic heterocycles. The second kappa shape index (κ2) is 3.66. The van der Waals surface area contributed by atoms with E-state index in [1.54, 1.807) is 24.0 Å². The number of aryl methyl sites for hydroxylation is 1. The molecule has 0 aliphatic rings. The maximum atomic E-state index is 13.2. The lowest BCUT2D eigenvalue weighted by Gasteiger charge is -2.04. The first kappa shape index (κ1) is 10.2. The van der Waals surface area contributed by atoms with E-state index in [1.165, 1.54) is 12.1 Å². The van der Waals surface area contributed by atoms with E-state index in [-0.39, 0.29) is 5.82 Å². The molecule has 1 aromatic carbocycles. The predicted octanol–water partition coefficient (Wildman–Crippen LogP) is 2.57. The topological polar surface area (TPSA) is 43.8 Å². The molecule has 0 unspecified atom stereocenters. The van der Waals surface area contributed by atoms with Crippen molar-refractivity contribution in [1.29, 1.82) is 0 Å². The highest BCUT2D eigenvalue weighted by Crippen LogP contribution is 2.28. The van der Waals surface area contributed by atoms with E-state index >= 15 is 0 Å². The average Bonchev–Trinajstić information content (AvgIpc) is 2.44. The maximum Gasteiger partial charge on any atom is 0.125 e. The highest BCUT2D eigenvalue weighted by Gasteiger charge is 2.09. The molecule has 0 radical (unpaired) electrons. The summed E-state index contributed by atoms with van der Waals surface area (Å²) in [5, 5.41) is 4.01. The summed E-state index contributed by atoms with van der Waals surface area (Å²) in [5.74, 6) is -0.306. The van der Waals surface area contributed by atoms with Crippen LogP contribution in [0, 0.1) is 5.82 Å². The summed E-state index contributed by atoms with van der Waals surface area (Å²) in [6.07, 6.45) is 1.55. The largest absolute Gasteiger partial charge is 0.396 e. The Morgan fingerprint density at radius 3 is 2.67 bits per heavy atom. The van der Waals surface area contributed by atoms with Crippen molar-refractivity contribution in [1.82, 2.24) is 9.78 Å². The third kappa shape index (κ3) is 1.87. The number of halogens is 2. The van der Waals surface area contributed by atoms with Crippen LogP contribution in [0.5, 0.6) is 0 Å². The Morgan fingerprint density at radius 1 is 1.40 bits per heavy atom. The zero-order valence-corrected chi connectivity index (χ0v) is 9.62. The zero-order valence-electron chi connectivity index (χ0n) is 8.04. The number of nitrogens with two attached hydrogens (primary N) is 1. The Morgan fingerprint density at radius 2 is 2.13 bits per heavy atom. The van der Waals surface area contributed by atoms with Crippen LogP contribution in [0.1, 0.15) is 0 Å². The lowest BCUT2D eigenvalue weighted by Crippen LogP contribution is -1.96. The van der Waals surface area contributed by atoms with Gasteiger partial charge in [0, 0.05) is 17.1 Å². The molecule has 0 aliphatic carbocycles. The summed E-state index contributed by atoms with van der Waals surface area (Å²) < 4.78 is 15.5. The van der Waals surface area contributed by atoms with Crippen LogP contribution < -0.4 is 5.73 Å². The molecule has 1 aromatic heterocycles. The van der Waals surface area contributed by atoms with Crippen molar-refractivity contribution < 1.29 is 4.39 Å². The number of anilines is 1. The monoisotopic (exact) mass is 269 g/mol. The van der Waals surface area contributed by atoms with Gasteiger partial charge in [-0.25, -0.2) is 4.39 Å². The number of nitrogen functional groups attached to an aromatic ring is 1. The number of hydrogen-bond donors (Lipinski definition) is 1. The van der Waals surface area contributed by atoms with Crippen molar-refractivity contribution in [2.75, 3.05) is 5.73 Å². The minimum absolute atomic E-state index is 0.306. The van der Waals surface area contributed by atoms with Gasteiger partial charge >= 0.3 is 0 Å². The van der Waals surface area contributed by atoms with Crippen LogP contribution in [0.2, 0.25) is 0 Å². The van der Waals surface area contributed by atoms with Gasteiger partial charge in [-0.05, 0) is 18.2 Å². The average molecular weight is 270 g/mol. The molecule has 15 heavy (non-hydrogen) atoms. The molecule has 0 amide bonds. The summed E-state index contributed by atoms with van der Waals surface area (Å²) in [6.45, 7) is 0. The quantitative estimate of drug-likeness (QED) is 0.865. The highest BCUT2D eigenvalue weighted by molar-refractivity contribution is 9.10. The van der Waals surface area contributed by atoms with E-state index < -0.39 is 0 Å². The molecular weight excluding hydrogens is 261 g/mol. The molecule has 2 N–H and O–H groups in total. The normalized spacial score (nSPS) is 10.6. The summed E-state index contributed by atoms with van der Waals surface area (Å²) in [5.41, 5.74) is 7.72. The first-order chi connectivity index (χ1) is 7.08. The van der Waals surface area contributed by atoms with Gasteiger partial charge in [0.2, 0.25) is 0 Å². The fourth-order valence-electron chi connectivity index (χ4n) is 1.50. The van der Waals surface area contributed by atoms with Crippen molar-refractivity contribution in [2.24, 2.45) is 7.05 Å². The number of benzene rings is 1. The minimum atomic E-state index is -0.306. The van der Waals surface area contributed by atoms with Gasteiger partial charge in [0.15, 0.2) is 0 Å². The molecule has 0 bridgehead atoms. The van der Waals surface area contributed by atoms with Crippen molar-refractivity contribution in [3.05, 3.63) is 34.7 Å². The fourth-order valence-corrected chi connectivity index (χ4v) is 1.96. The Hall–Kier alpha value is -1.36. The standard InChI is InChI=1S/C10H9BrFN3/c1-15-10(9(13)5-14-15)6-2-7(11)4-8(12)3-6/h2-5H,13H2,1H3. The van der Waals surface area contributed by atoms with Crippen LogP contribution in [0.25, 0.3) is 11.3 Å². The number of aromatic nitrogens is 2. The molecule has 0 saturated heterocycles. The van der Waals surface area contributed by atoms with Gasteiger partial charge in [-0.1, -0.05) is 15.9 Å². The zero-order chi connectivity index (χ0) is 11.0. The fraction of sp³-hybridized carbons (Fsp3) is 0.100. The van der Waals surface area contributed by atoms with Gasteiger partial charge in [0.05, 0.1) is 17.6 Å². The molecule has 0 atom stereocenters. The molecule has 2 rings (SSSR count). The Labute approximate surface area is 94.8 Å². The Balaban J connectivity index is 2.63. The third-order valence-electron chi connectivity index (χ3n) is 2.10. The van der Waals surface area contributed by atoms with E-state index in [4.69, 9.17) is 5.73 Å². The summed E-state index contributed by atoms with van der Waals surface area (Å²) in [7, 11) is 1.77. The lowest BCUT2D eigenvalue weighted by atomic mass is 10.1. The van der Waals surface area contributed by atoms with Gasteiger partial charge in [-0.3, -0.25) is 4.68 Å². The Bertz CT molecular complexity index is 468. The van der Waals surface area contributed by atoms with Gasteiger partial charge in [-0.15, -0.1) is 0 Å². The van der Waals surface area contributed by atoms with E-state index in [1.807, 2.05) is 0 Å². The lowest BCUT2D eigenvalue weighted by molar-refractivity contribution is 0.627. The van der Waals surface area contributed by atoms with Crippen LogP contribution >= 0.6 is 15.9 Å². The second-order valence-electron chi connectivity index (χ2n) is 3.23. The van der Waals surface area contributed by atoms with Gasteiger partial charge in [-0.2, -0.15) is 5.10 Å². The van der Waals surface area contributed by atoms with E-state index in [0.29, 0.717) is 15.7 Å². The molecule has 0 saturated carbocycles. The van der Waals surface area contributed by atoms with Crippen molar-refractivity contribution in [3.8, 4) is 11.3 Å². The van der Waals surface area contributed by atoms with Crippen LogP contribution in [-0.2, 0) is 7.05 Å². The van der Waals surface area contributed by atoms with Crippen molar-refractivity contribution in [2.45, 2.75) is 0 Å². The maximum absolute atomic E-state index is 13.2. The van der Waals surface area contributed by atoms with Gasteiger partial charge in [0.25, 0.3) is 0 Å². The van der Waals surface area contributed by atoms with Crippen LogP contribution in [-0.4, -0.2) is 9.78 Å².